The Morgan fingerprint density at radius 3 is 2.42 bits per heavy atom. The smallest absolute Gasteiger partial charge is 0.126 e. The molecule has 1 atom stereocenters. The normalized spacial score (nSPS) is 12.4. The van der Waals surface area contributed by atoms with Gasteiger partial charge in [-0.3, -0.25) is 0 Å². The Kier molecular flexibility index (Phi) is 4.76. The van der Waals surface area contributed by atoms with Crippen LogP contribution in [0.25, 0.3) is 0 Å². The van der Waals surface area contributed by atoms with Crippen LogP contribution in [0.1, 0.15) is 33.5 Å². The Labute approximate surface area is 122 Å². The number of hydrogen-bond acceptors (Lipinski definition) is 0. The quantitative estimate of drug-likeness (QED) is 0.651. The number of rotatable bonds is 4. The van der Waals surface area contributed by atoms with Crippen LogP contribution in [0.5, 0.6) is 0 Å². The van der Waals surface area contributed by atoms with Crippen LogP contribution in [0, 0.1) is 19.7 Å². The average Bonchev–Trinajstić information content (AvgIpc) is 2.38. The van der Waals surface area contributed by atoms with Crippen molar-refractivity contribution in [2.75, 3.05) is 0 Å². The van der Waals surface area contributed by atoms with Crippen LogP contribution in [-0.2, 0) is 6.42 Å². The highest BCUT2D eigenvalue weighted by Gasteiger charge is 2.11. The third-order valence-electron chi connectivity index (χ3n) is 3.37. The second kappa shape index (κ2) is 6.33. The van der Waals surface area contributed by atoms with Crippen molar-refractivity contribution in [3.8, 4) is 0 Å². The fourth-order valence-electron chi connectivity index (χ4n) is 2.36. The standard InChI is InChI=1S/C17H18BrF/c1-12-10-13(2)15(17(19)11-12)8-9-16(18)14-6-4-3-5-7-14/h3-7,10-11,16H,8-9H2,1-2H3. The van der Waals surface area contributed by atoms with Crippen LogP contribution in [0.3, 0.4) is 0 Å². The van der Waals surface area contributed by atoms with E-state index in [1.54, 1.807) is 6.07 Å². The molecule has 2 aromatic carbocycles. The molecule has 100 valence electrons. The van der Waals surface area contributed by atoms with Gasteiger partial charge >= 0.3 is 0 Å². The summed E-state index contributed by atoms with van der Waals surface area (Å²) < 4.78 is 13.9. The zero-order valence-corrected chi connectivity index (χ0v) is 12.9. The number of halogens is 2. The van der Waals surface area contributed by atoms with Crippen molar-refractivity contribution in [1.29, 1.82) is 0 Å². The summed E-state index contributed by atoms with van der Waals surface area (Å²) >= 11 is 3.68. The molecule has 0 heterocycles. The average molecular weight is 321 g/mol. The van der Waals surface area contributed by atoms with Crippen molar-refractivity contribution in [2.24, 2.45) is 0 Å². The lowest BCUT2D eigenvalue weighted by atomic mass is 9.98. The highest BCUT2D eigenvalue weighted by atomic mass is 79.9. The number of benzene rings is 2. The Balaban J connectivity index is 2.07. The molecule has 2 aromatic rings. The van der Waals surface area contributed by atoms with E-state index in [2.05, 4.69) is 28.1 Å². The summed E-state index contributed by atoms with van der Waals surface area (Å²) in [4.78, 5) is 0.272. The predicted octanol–water partition coefficient (Wildman–Crippen LogP) is 5.51. The lowest BCUT2D eigenvalue weighted by Crippen LogP contribution is -1.99. The molecule has 2 rings (SSSR count). The SMILES string of the molecule is Cc1cc(C)c(CCC(Br)c2ccccc2)c(F)c1. The number of alkyl halides is 1. The van der Waals surface area contributed by atoms with Crippen LogP contribution in [0.15, 0.2) is 42.5 Å². The Morgan fingerprint density at radius 2 is 1.79 bits per heavy atom. The molecule has 0 bridgehead atoms. The van der Waals surface area contributed by atoms with Gasteiger partial charge in [-0.2, -0.15) is 0 Å². The van der Waals surface area contributed by atoms with Gasteiger partial charge in [0.25, 0.3) is 0 Å². The van der Waals surface area contributed by atoms with Crippen molar-refractivity contribution in [3.05, 3.63) is 70.5 Å². The third-order valence-corrected chi connectivity index (χ3v) is 4.36. The topological polar surface area (TPSA) is 0 Å². The van der Waals surface area contributed by atoms with E-state index in [0.29, 0.717) is 0 Å². The Morgan fingerprint density at radius 1 is 1.11 bits per heavy atom. The summed E-state index contributed by atoms with van der Waals surface area (Å²) in [6.45, 7) is 3.91. The molecule has 0 amide bonds. The second-order valence-corrected chi connectivity index (χ2v) is 6.06. The van der Waals surface area contributed by atoms with Gasteiger partial charge < -0.3 is 0 Å². The van der Waals surface area contributed by atoms with Crippen LogP contribution < -0.4 is 0 Å². The van der Waals surface area contributed by atoms with Crippen molar-refractivity contribution in [3.63, 3.8) is 0 Å². The van der Waals surface area contributed by atoms with E-state index in [1.807, 2.05) is 38.1 Å². The summed E-state index contributed by atoms with van der Waals surface area (Å²) in [7, 11) is 0. The van der Waals surface area contributed by atoms with Gasteiger partial charge in [-0.25, -0.2) is 4.39 Å². The van der Waals surface area contributed by atoms with Gasteiger partial charge in [0.1, 0.15) is 5.82 Å². The highest BCUT2D eigenvalue weighted by molar-refractivity contribution is 9.09. The molecule has 1 unspecified atom stereocenters. The zero-order valence-electron chi connectivity index (χ0n) is 11.3. The van der Waals surface area contributed by atoms with Gasteiger partial charge in [0, 0.05) is 4.83 Å². The first-order valence-electron chi connectivity index (χ1n) is 6.52. The van der Waals surface area contributed by atoms with Crippen molar-refractivity contribution in [2.45, 2.75) is 31.5 Å². The van der Waals surface area contributed by atoms with E-state index in [-0.39, 0.29) is 10.6 Å². The first-order valence-corrected chi connectivity index (χ1v) is 7.44. The van der Waals surface area contributed by atoms with Gasteiger partial charge in [0.2, 0.25) is 0 Å². The highest BCUT2D eigenvalue weighted by Crippen LogP contribution is 2.29. The van der Waals surface area contributed by atoms with Crippen LogP contribution in [0.4, 0.5) is 4.39 Å². The molecule has 0 aliphatic rings. The molecule has 0 fully saturated rings. The summed E-state index contributed by atoms with van der Waals surface area (Å²) in [6, 6.07) is 13.9. The molecular weight excluding hydrogens is 303 g/mol. The summed E-state index contributed by atoms with van der Waals surface area (Å²) in [6.07, 6.45) is 1.65. The molecule has 0 aliphatic carbocycles. The van der Waals surface area contributed by atoms with Crippen molar-refractivity contribution >= 4 is 15.9 Å². The fraction of sp³-hybridized carbons (Fsp3) is 0.294. The van der Waals surface area contributed by atoms with Crippen molar-refractivity contribution in [1.82, 2.24) is 0 Å². The van der Waals surface area contributed by atoms with E-state index >= 15 is 0 Å². The maximum absolute atomic E-state index is 13.9. The Hall–Kier alpha value is -1.15. The van der Waals surface area contributed by atoms with Crippen molar-refractivity contribution < 1.29 is 4.39 Å². The van der Waals surface area contributed by atoms with E-state index in [4.69, 9.17) is 0 Å². The first-order chi connectivity index (χ1) is 9.08. The molecular formula is C17H18BrF. The van der Waals surface area contributed by atoms with E-state index < -0.39 is 0 Å². The van der Waals surface area contributed by atoms with Gasteiger partial charge in [0.05, 0.1) is 0 Å². The fourth-order valence-corrected chi connectivity index (χ4v) is 2.90. The van der Waals surface area contributed by atoms with Crippen LogP contribution >= 0.6 is 15.9 Å². The molecule has 0 saturated carbocycles. The second-order valence-electron chi connectivity index (χ2n) is 4.96. The number of aryl methyl sites for hydroxylation is 2. The third kappa shape index (κ3) is 3.66. The van der Waals surface area contributed by atoms with Crippen LogP contribution in [0.2, 0.25) is 0 Å². The molecule has 0 spiro atoms. The first kappa shape index (κ1) is 14.3. The lowest BCUT2D eigenvalue weighted by Gasteiger charge is -2.13. The molecule has 19 heavy (non-hydrogen) atoms. The molecule has 0 aliphatic heterocycles. The van der Waals surface area contributed by atoms with Gasteiger partial charge in [0.15, 0.2) is 0 Å². The lowest BCUT2D eigenvalue weighted by molar-refractivity contribution is 0.600. The van der Waals surface area contributed by atoms with Gasteiger partial charge in [-0.15, -0.1) is 0 Å². The minimum absolute atomic E-state index is 0.0785. The molecule has 0 radical (unpaired) electrons. The van der Waals surface area contributed by atoms with Gasteiger partial charge in [-0.1, -0.05) is 52.3 Å². The maximum atomic E-state index is 13.9. The van der Waals surface area contributed by atoms with Crippen LogP contribution in [-0.4, -0.2) is 0 Å². The summed E-state index contributed by atoms with van der Waals surface area (Å²) in [5.74, 6) is -0.0785. The summed E-state index contributed by atoms with van der Waals surface area (Å²) in [5, 5.41) is 0. The van der Waals surface area contributed by atoms with E-state index in [0.717, 1.165) is 29.5 Å². The van der Waals surface area contributed by atoms with E-state index in [1.165, 1.54) is 5.56 Å². The minimum Gasteiger partial charge on any atom is -0.207 e. The molecule has 2 heteroatoms. The Bertz CT molecular complexity index is 525. The zero-order chi connectivity index (χ0) is 13.8. The molecule has 0 saturated heterocycles. The molecule has 0 N–H and O–H groups in total. The van der Waals surface area contributed by atoms with Gasteiger partial charge in [-0.05, 0) is 55.0 Å². The number of hydrogen-bond donors (Lipinski definition) is 0. The maximum Gasteiger partial charge on any atom is 0.126 e. The minimum atomic E-state index is -0.0785. The summed E-state index contributed by atoms with van der Waals surface area (Å²) in [5.41, 5.74) is 4.11. The molecule has 0 aromatic heterocycles. The monoisotopic (exact) mass is 320 g/mol. The van der Waals surface area contributed by atoms with E-state index in [9.17, 15) is 4.39 Å². The molecule has 0 nitrogen and oxygen atoms in total. The predicted molar refractivity (Wildman–Crippen MR) is 82.3 cm³/mol. The largest absolute Gasteiger partial charge is 0.207 e.